The van der Waals surface area contributed by atoms with Crippen molar-refractivity contribution in [2.75, 3.05) is 46.4 Å². The van der Waals surface area contributed by atoms with Gasteiger partial charge in [0.25, 0.3) is 0 Å². The van der Waals surface area contributed by atoms with Crippen molar-refractivity contribution in [2.24, 2.45) is 5.41 Å². The number of ether oxygens (including phenoxy) is 1. The summed E-state index contributed by atoms with van der Waals surface area (Å²) in [5.74, 6) is 0. The Labute approximate surface area is 126 Å². The molecule has 0 bridgehead atoms. The molecule has 4 heteroatoms. The lowest BCUT2D eigenvalue weighted by molar-refractivity contribution is 0.0730. The Morgan fingerprint density at radius 2 is 2.24 bits per heavy atom. The summed E-state index contributed by atoms with van der Waals surface area (Å²) in [5.41, 5.74) is 2.25. The fourth-order valence-electron chi connectivity index (χ4n) is 3.62. The quantitative estimate of drug-likeness (QED) is 0.829. The van der Waals surface area contributed by atoms with Gasteiger partial charge in [0.05, 0.1) is 24.8 Å². The summed E-state index contributed by atoms with van der Waals surface area (Å²) in [6, 6.07) is 10.2. The van der Waals surface area contributed by atoms with E-state index in [9.17, 15) is 0 Å². The van der Waals surface area contributed by atoms with Crippen LogP contribution in [0.25, 0.3) is 0 Å². The van der Waals surface area contributed by atoms with Crippen LogP contribution in [0.3, 0.4) is 0 Å². The second-order valence-corrected chi connectivity index (χ2v) is 6.56. The first-order chi connectivity index (χ1) is 10.2. The van der Waals surface area contributed by atoms with Gasteiger partial charge in [-0.3, -0.25) is 4.90 Å². The third kappa shape index (κ3) is 3.44. The van der Waals surface area contributed by atoms with Crippen LogP contribution in [-0.4, -0.2) is 56.2 Å². The van der Waals surface area contributed by atoms with E-state index in [-0.39, 0.29) is 5.41 Å². The molecule has 0 radical (unpaired) electrons. The van der Waals surface area contributed by atoms with Crippen LogP contribution in [0.4, 0.5) is 0 Å². The molecule has 1 aromatic carbocycles. The van der Waals surface area contributed by atoms with Crippen LogP contribution in [-0.2, 0) is 11.3 Å². The van der Waals surface area contributed by atoms with Gasteiger partial charge in [-0.15, -0.1) is 0 Å². The van der Waals surface area contributed by atoms with Crippen molar-refractivity contribution in [1.82, 2.24) is 9.80 Å². The molecule has 1 spiro atoms. The molecule has 2 aliphatic heterocycles. The maximum absolute atomic E-state index is 9.02. The third-order valence-electron chi connectivity index (χ3n) is 4.61. The predicted octanol–water partition coefficient (Wildman–Crippen LogP) is 1.71. The van der Waals surface area contributed by atoms with Gasteiger partial charge in [-0.25, -0.2) is 0 Å². The second-order valence-electron chi connectivity index (χ2n) is 6.56. The Morgan fingerprint density at radius 3 is 3.00 bits per heavy atom. The normalized spacial score (nSPS) is 27.6. The highest BCUT2D eigenvalue weighted by molar-refractivity contribution is 5.32. The average Bonchev–Trinajstić information content (AvgIpc) is 2.73. The van der Waals surface area contributed by atoms with E-state index in [2.05, 4.69) is 29.0 Å². The lowest BCUT2D eigenvalue weighted by Crippen LogP contribution is -2.40. The monoisotopic (exact) mass is 285 g/mol. The molecule has 2 heterocycles. The maximum atomic E-state index is 9.02. The fourth-order valence-corrected chi connectivity index (χ4v) is 3.62. The van der Waals surface area contributed by atoms with E-state index < -0.39 is 0 Å². The van der Waals surface area contributed by atoms with E-state index in [1.807, 2.05) is 18.2 Å². The molecule has 0 N–H and O–H groups in total. The predicted molar refractivity (Wildman–Crippen MR) is 81.8 cm³/mol. The van der Waals surface area contributed by atoms with Crippen molar-refractivity contribution < 1.29 is 4.74 Å². The van der Waals surface area contributed by atoms with Crippen LogP contribution in [0.2, 0.25) is 0 Å². The first-order valence-electron chi connectivity index (χ1n) is 7.67. The largest absolute Gasteiger partial charge is 0.379 e. The molecule has 21 heavy (non-hydrogen) atoms. The molecule has 0 amide bonds. The third-order valence-corrected chi connectivity index (χ3v) is 4.61. The molecule has 1 atom stereocenters. The molecular weight excluding hydrogens is 262 g/mol. The highest BCUT2D eigenvalue weighted by Crippen LogP contribution is 2.33. The summed E-state index contributed by atoms with van der Waals surface area (Å²) in [4.78, 5) is 4.89. The molecule has 112 valence electrons. The van der Waals surface area contributed by atoms with E-state index >= 15 is 0 Å². The highest BCUT2D eigenvalue weighted by Gasteiger charge is 2.39. The Hall–Kier alpha value is -1.41. The van der Waals surface area contributed by atoms with Gasteiger partial charge in [0.2, 0.25) is 0 Å². The van der Waals surface area contributed by atoms with Gasteiger partial charge < -0.3 is 9.64 Å². The first kappa shape index (κ1) is 14.5. The maximum Gasteiger partial charge on any atom is 0.0991 e. The zero-order chi connectivity index (χ0) is 14.7. The average molecular weight is 285 g/mol. The lowest BCUT2D eigenvalue weighted by Gasteiger charge is -2.31. The molecular formula is C17H23N3O. The minimum atomic E-state index is 0.290. The van der Waals surface area contributed by atoms with Crippen molar-refractivity contribution in [2.45, 2.75) is 13.0 Å². The van der Waals surface area contributed by atoms with Crippen LogP contribution in [0, 0.1) is 16.7 Å². The number of rotatable bonds is 2. The van der Waals surface area contributed by atoms with E-state index in [1.165, 1.54) is 18.5 Å². The standard InChI is InChI=1S/C17H23N3O/c1-19-6-5-17(12-19)13-20(7-8-21-14-17)11-16-4-2-3-15(9-16)10-18/h2-4,9H,5-8,11-14H2,1H3/t17-/m1/s1. The Balaban J connectivity index is 1.70. The molecule has 1 aromatic rings. The van der Waals surface area contributed by atoms with Gasteiger partial charge in [-0.05, 0) is 37.7 Å². The van der Waals surface area contributed by atoms with E-state index in [0.717, 1.165) is 45.0 Å². The summed E-state index contributed by atoms with van der Waals surface area (Å²) < 4.78 is 5.87. The number of benzene rings is 1. The molecule has 3 rings (SSSR count). The Morgan fingerprint density at radius 1 is 1.33 bits per heavy atom. The van der Waals surface area contributed by atoms with Gasteiger partial charge in [0.15, 0.2) is 0 Å². The van der Waals surface area contributed by atoms with Crippen LogP contribution in [0.5, 0.6) is 0 Å². The van der Waals surface area contributed by atoms with Crippen LogP contribution >= 0.6 is 0 Å². The molecule has 0 saturated carbocycles. The van der Waals surface area contributed by atoms with E-state index in [1.54, 1.807) is 0 Å². The molecule has 2 fully saturated rings. The summed E-state index contributed by atoms with van der Waals surface area (Å²) >= 11 is 0. The topological polar surface area (TPSA) is 39.5 Å². The molecule has 2 saturated heterocycles. The minimum absolute atomic E-state index is 0.290. The van der Waals surface area contributed by atoms with Gasteiger partial charge in [-0.1, -0.05) is 12.1 Å². The Kier molecular flexibility index (Phi) is 4.25. The minimum Gasteiger partial charge on any atom is -0.379 e. The number of hydrogen-bond acceptors (Lipinski definition) is 4. The molecule has 0 aliphatic carbocycles. The number of hydrogen-bond donors (Lipinski definition) is 0. The van der Waals surface area contributed by atoms with Crippen molar-refractivity contribution in [3.8, 4) is 6.07 Å². The van der Waals surface area contributed by atoms with Gasteiger partial charge in [0.1, 0.15) is 0 Å². The zero-order valence-electron chi connectivity index (χ0n) is 12.7. The summed E-state index contributed by atoms with van der Waals surface area (Å²) in [5, 5.41) is 9.02. The van der Waals surface area contributed by atoms with Crippen LogP contribution in [0.1, 0.15) is 17.5 Å². The van der Waals surface area contributed by atoms with E-state index in [0.29, 0.717) is 0 Å². The van der Waals surface area contributed by atoms with E-state index in [4.69, 9.17) is 10.00 Å². The van der Waals surface area contributed by atoms with Gasteiger partial charge in [0, 0.05) is 31.6 Å². The number of nitriles is 1. The number of likely N-dealkylation sites (tertiary alicyclic amines) is 1. The summed E-state index contributed by atoms with van der Waals surface area (Å²) in [6.45, 7) is 6.96. The molecule has 0 aromatic heterocycles. The first-order valence-corrected chi connectivity index (χ1v) is 7.67. The highest BCUT2D eigenvalue weighted by atomic mass is 16.5. The van der Waals surface area contributed by atoms with Gasteiger partial charge in [-0.2, -0.15) is 5.26 Å². The van der Waals surface area contributed by atoms with Crippen LogP contribution in [0.15, 0.2) is 24.3 Å². The Bertz CT molecular complexity index is 539. The number of nitrogens with zero attached hydrogens (tertiary/aromatic N) is 3. The fraction of sp³-hybridized carbons (Fsp3) is 0.588. The molecule has 0 unspecified atom stereocenters. The van der Waals surface area contributed by atoms with Crippen LogP contribution < -0.4 is 0 Å². The van der Waals surface area contributed by atoms with Crippen molar-refractivity contribution in [3.63, 3.8) is 0 Å². The van der Waals surface area contributed by atoms with Crippen molar-refractivity contribution in [1.29, 1.82) is 5.26 Å². The molecule has 4 nitrogen and oxygen atoms in total. The molecule has 2 aliphatic rings. The zero-order valence-corrected chi connectivity index (χ0v) is 12.7. The summed E-state index contributed by atoms with van der Waals surface area (Å²) in [6.07, 6.45) is 1.22. The SMILES string of the molecule is CN1CC[C@@]2(COCCN(Cc3cccc(C#N)c3)C2)C1. The second kappa shape index (κ2) is 6.15. The van der Waals surface area contributed by atoms with Crippen molar-refractivity contribution >= 4 is 0 Å². The lowest BCUT2D eigenvalue weighted by atomic mass is 9.87. The smallest absolute Gasteiger partial charge is 0.0991 e. The van der Waals surface area contributed by atoms with Gasteiger partial charge >= 0.3 is 0 Å². The summed E-state index contributed by atoms with van der Waals surface area (Å²) in [7, 11) is 2.19. The van der Waals surface area contributed by atoms with Crippen molar-refractivity contribution in [3.05, 3.63) is 35.4 Å².